The molecule has 0 aromatic carbocycles. The molecule has 0 heterocycles. The van der Waals surface area contributed by atoms with E-state index in [9.17, 15) is 0 Å². The molecular weight excluding hydrogens is 202 g/mol. The minimum absolute atomic E-state index is 0.725. The zero-order valence-corrected chi connectivity index (χ0v) is 11.6. The van der Waals surface area contributed by atoms with E-state index in [0.717, 1.165) is 23.9 Å². The molecule has 2 heteroatoms. The van der Waals surface area contributed by atoms with Crippen LogP contribution in [0.5, 0.6) is 0 Å². The Balaban J connectivity index is 2.35. The predicted octanol–water partition coefficient (Wildman–Crippen LogP) is 3.54. The van der Waals surface area contributed by atoms with Gasteiger partial charge < -0.3 is 5.32 Å². The van der Waals surface area contributed by atoms with Gasteiger partial charge in [-0.05, 0) is 43.8 Å². The second kappa shape index (κ2) is 6.80. The molecule has 3 atom stereocenters. The number of hydrogen-bond donors (Lipinski definition) is 1. The van der Waals surface area contributed by atoms with Crippen molar-refractivity contribution in [2.75, 3.05) is 12.0 Å². The molecule has 1 aliphatic rings. The van der Waals surface area contributed by atoms with Crippen molar-refractivity contribution >= 4 is 11.8 Å². The molecular formula is C13H27NS. The Hall–Kier alpha value is 0.310. The van der Waals surface area contributed by atoms with Crippen LogP contribution in [0.25, 0.3) is 0 Å². The van der Waals surface area contributed by atoms with Crippen LogP contribution in [0.1, 0.15) is 46.5 Å². The molecule has 0 aliphatic heterocycles. The Bertz CT molecular complexity index is 162. The van der Waals surface area contributed by atoms with Crippen molar-refractivity contribution in [1.82, 2.24) is 5.32 Å². The predicted molar refractivity (Wildman–Crippen MR) is 71.6 cm³/mol. The van der Waals surface area contributed by atoms with Crippen LogP contribution >= 0.6 is 11.8 Å². The minimum atomic E-state index is 0.725. The van der Waals surface area contributed by atoms with E-state index in [4.69, 9.17) is 0 Å². The lowest BCUT2D eigenvalue weighted by molar-refractivity contribution is 0.227. The Labute approximate surface area is 99.8 Å². The average Bonchev–Trinajstić information content (AvgIpc) is 2.15. The van der Waals surface area contributed by atoms with Gasteiger partial charge in [-0.1, -0.05) is 20.8 Å². The third kappa shape index (κ3) is 4.78. The first-order valence-corrected chi connectivity index (χ1v) is 7.80. The summed E-state index contributed by atoms with van der Waals surface area (Å²) >= 11 is 1.96. The van der Waals surface area contributed by atoms with Crippen LogP contribution in [0.3, 0.4) is 0 Å². The van der Waals surface area contributed by atoms with Crippen molar-refractivity contribution in [3.8, 4) is 0 Å². The van der Waals surface area contributed by atoms with E-state index in [-0.39, 0.29) is 0 Å². The first-order valence-electron chi connectivity index (χ1n) is 6.40. The molecule has 1 fully saturated rings. The van der Waals surface area contributed by atoms with E-state index in [1.807, 2.05) is 11.8 Å². The summed E-state index contributed by atoms with van der Waals surface area (Å²) in [6.07, 6.45) is 7.67. The number of nitrogens with one attached hydrogen (secondary N) is 1. The highest BCUT2D eigenvalue weighted by atomic mass is 32.2. The Morgan fingerprint density at radius 2 is 1.80 bits per heavy atom. The highest BCUT2D eigenvalue weighted by Gasteiger charge is 2.24. The van der Waals surface area contributed by atoms with Crippen LogP contribution < -0.4 is 5.32 Å². The molecule has 0 aromatic heterocycles. The second-order valence-electron chi connectivity index (χ2n) is 5.34. The topological polar surface area (TPSA) is 12.0 Å². The van der Waals surface area contributed by atoms with Crippen LogP contribution in [0, 0.1) is 11.8 Å². The van der Waals surface area contributed by atoms with Gasteiger partial charge in [-0.25, -0.2) is 0 Å². The lowest BCUT2D eigenvalue weighted by Gasteiger charge is -2.34. The highest BCUT2D eigenvalue weighted by molar-refractivity contribution is 7.98. The molecule has 0 radical (unpaired) electrons. The van der Waals surface area contributed by atoms with Gasteiger partial charge in [0, 0.05) is 17.8 Å². The molecule has 0 amide bonds. The summed E-state index contributed by atoms with van der Waals surface area (Å²) in [5, 5.41) is 3.85. The fraction of sp³-hybridized carbons (Fsp3) is 1.00. The van der Waals surface area contributed by atoms with E-state index >= 15 is 0 Å². The van der Waals surface area contributed by atoms with Crippen LogP contribution in [-0.2, 0) is 0 Å². The fourth-order valence-electron chi connectivity index (χ4n) is 2.90. The molecule has 0 aromatic rings. The smallest absolute Gasteiger partial charge is 0.0158 e. The summed E-state index contributed by atoms with van der Waals surface area (Å²) in [5.41, 5.74) is 0. The standard InChI is InChI=1S/C13H27NS/c1-5-12(9-15-4)14-13-7-10(2)6-11(3)8-13/h10-14H,5-9H2,1-4H3. The fourth-order valence-corrected chi connectivity index (χ4v) is 3.64. The SMILES string of the molecule is CCC(CSC)NC1CC(C)CC(C)C1. The van der Waals surface area contributed by atoms with Crippen molar-refractivity contribution in [2.45, 2.75) is 58.5 Å². The van der Waals surface area contributed by atoms with Crippen molar-refractivity contribution in [3.05, 3.63) is 0 Å². The lowest BCUT2D eigenvalue weighted by atomic mass is 9.80. The Kier molecular flexibility index (Phi) is 6.06. The summed E-state index contributed by atoms with van der Waals surface area (Å²) in [5.74, 6) is 3.09. The summed E-state index contributed by atoms with van der Waals surface area (Å²) in [7, 11) is 0. The molecule has 1 aliphatic carbocycles. The molecule has 3 unspecified atom stereocenters. The summed E-state index contributed by atoms with van der Waals surface area (Å²) in [4.78, 5) is 0. The zero-order valence-electron chi connectivity index (χ0n) is 10.8. The third-order valence-electron chi connectivity index (χ3n) is 3.51. The molecule has 1 nitrogen and oxygen atoms in total. The maximum atomic E-state index is 3.85. The minimum Gasteiger partial charge on any atom is -0.310 e. The van der Waals surface area contributed by atoms with Crippen molar-refractivity contribution in [2.24, 2.45) is 11.8 Å². The van der Waals surface area contributed by atoms with E-state index in [1.165, 1.54) is 31.4 Å². The molecule has 1 rings (SSSR count). The first kappa shape index (κ1) is 13.4. The average molecular weight is 229 g/mol. The summed E-state index contributed by atoms with van der Waals surface area (Å²) in [6, 6.07) is 1.50. The molecule has 15 heavy (non-hydrogen) atoms. The van der Waals surface area contributed by atoms with Gasteiger partial charge in [0.2, 0.25) is 0 Å². The first-order chi connectivity index (χ1) is 7.15. The number of thioether (sulfide) groups is 1. The maximum Gasteiger partial charge on any atom is 0.0158 e. The van der Waals surface area contributed by atoms with Crippen LogP contribution in [0.4, 0.5) is 0 Å². The largest absolute Gasteiger partial charge is 0.310 e. The van der Waals surface area contributed by atoms with Gasteiger partial charge in [0.05, 0.1) is 0 Å². The van der Waals surface area contributed by atoms with Crippen LogP contribution in [0.2, 0.25) is 0 Å². The lowest BCUT2D eigenvalue weighted by Crippen LogP contribution is -2.43. The highest BCUT2D eigenvalue weighted by Crippen LogP contribution is 2.28. The quantitative estimate of drug-likeness (QED) is 0.774. The number of hydrogen-bond acceptors (Lipinski definition) is 2. The van der Waals surface area contributed by atoms with E-state index in [1.54, 1.807) is 0 Å². The molecule has 0 spiro atoms. The summed E-state index contributed by atoms with van der Waals surface area (Å²) < 4.78 is 0. The van der Waals surface area contributed by atoms with E-state index in [2.05, 4.69) is 32.3 Å². The second-order valence-corrected chi connectivity index (χ2v) is 6.25. The molecule has 90 valence electrons. The summed E-state index contributed by atoms with van der Waals surface area (Å²) in [6.45, 7) is 7.10. The normalized spacial score (nSPS) is 34.0. The van der Waals surface area contributed by atoms with Gasteiger partial charge in [0.25, 0.3) is 0 Å². The maximum absolute atomic E-state index is 3.85. The zero-order chi connectivity index (χ0) is 11.3. The van der Waals surface area contributed by atoms with Crippen molar-refractivity contribution in [3.63, 3.8) is 0 Å². The Morgan fingerprint density at radius 1 is 1.20 bits per heavy atom. The van der Waals surface area contributed by atoms with Crippen molar-refractivity contribution < 1.29 is 0 Å². The van der Waals surface area contributed by atoms with Gasteiger partial charge in [-0.3, -0.25) is 0 Å². The van der Waals surface area contributed by atoms with E-state index < -0.39 is 0 Å². The molecule has 1 N–H and O–H groups in total. The molecule has 1 saturated carbocycles. The van der Waals surface area contributed by atoms with Gasteiger partial charge >= 0.3 is 0 Å². The Morgan fingerprint density at radius 3 is 2.27 bits per heavy atom. The van der Waals surface area contributed by atoms with Crippen LogP contribution in [-0.4, -0.2) is 24.1 Å². The van der Waals surface area contributed by atoms with Gasteiger partial charge in [0.15, 0.2) is 0 Å². The van der Waals surface area contributed by atoms with Gasteiger partial charge in [0.1, 0.15) is 0 Å². The number of rotatable bonds is 5. The van der Waals surface area contributed by atoms with E-state index in [0.29, 0.717) is 0 Å². The van der Waals surface area contributed by atoms with Gasteiger partial charge in [-0.15, -0.1) is 0 Å². The molecule has 0 bridgehead atoms. The van der Waals surface area contributed by atoms with Crippen molar-refractivity contribution in [1.29, 1.82) is 0 Å². The third-order valence-corrected chi connectivity index (χ3v) is 4.25. The van der Waals surface area contributed by atoms with Crippen LogP contribution in [0.15, 0.2) is 0 Å². The van der Waals surface area contributed by atoms with Gasteiger partial charge in [-0.2, -0.15) is 11.8 Å². The molecule has 0 saturated heterocycles. The monoisotopic (exact) mass is 229 g/mol.